The Morgan fingerprint density at radius 1 is 1.00 bits per heavy atom. The first-order valence-corrected chi connectivity index (χ1v) is 16.4. The number of benzene rings is 2. The number of carbonyl (C=O) groups excluding carboxylic acids is 1. The molecule has 1 amide bonds. The molecule has 2 unspecified atom stereocenters. The van der Waals surface area contributed by atoms with E-state index in [-0.39, 0.29) is 11.8 Å². The van der Waals surface area contributed by atoms with E-state index in [2.05, 4.69) is 74.8 Å². The molecule has 0 bridgehead atoms. The zero-order valence-electron chi connectivity index (χ0n) is 17.8. The van der Waals surface area contributed by atoms with E-state index >= 15 is 0 Å². The highest BCUT2D eigenvalue weighted by Gasteiger charge is 2.51. The van der Waals surface area contributed by atoms with Gasteiger partial charge in [0.1, 0.15) is 0 Å². The van der Waals surface area contributed by atoms with Gasteiger partial charge in [-0.05, 0) is 67.5 Å². The molecular weight excluding hydrogens is 378 g/mol. The summed E-state index contributed by atoms with van der Waals surface area (Å²) in [6, 6.07) is 19.7. The van der Waals surface area contributed by atoms with E-state index in [1.807, 2.05) is 18.2 Å². The zero-order chi connectivity index (χ0) is 20.4. The molecule has 1 heterocycles. The van der Waals surface area contributed by atoms with E-state index in [1.54, 1.807) is 0 Å². The third-order valence-electron chi connectivity index (χ3n) is 5.88. The molecule has 0 aliphatic carbocycles. The quantitative estimate of drug-likeness (QED) is 0.608. The largest absolute Gasteiger partial charge is 0.455 e. The molecule has 1 fully saturated rings. The summed E-state index contributed by atoms with van der Waals surface area (Å²) in [4.78, 5) is 13.2. The van der Waals surface area contributed by atoms with E-state index < -0.39 is 16.6 Å². The minimum atomic E-state index is -1.85. The van der Waals surface area contributed by atoms with Crippen LogP contribution in [0.15, 0.2) is 54.6 Å². The lowest BCUT2D eigenvalue weighted by Crippen LogP contribution is -2.57. The SMILES string of the molecule is CCC1C(C(=O)Nc2ccc(Cc3ccccc3)cc2)C[Si](C)(C)O[Si]1(C)C. The van der Waals surface area contributed by atoms with Crippen molar-refractivity contribution in [3.05, 3.63) is 65.7 Å². The molecule has 150 valence electrons. The van der Waals surface area contributed by atoms with Crippen LogP contribution in [0, 0.1) is 5.92 Å². The summed E-state index contributed by atoms with van der Waals surface area (Å²) in [7, 11) is -3.63. The van der Waals surface area contributed by atoms with Crippen molar-refractivity contribution < 1.29 is 8.91 Å². The average molecular weight is 412 g/mol. The third-order valence-corrected chi connectivity index (χ3v) is 14.2. The maximum atomic E-state index is 13.2. The van der Waals surface area contributed by atoms with Gasteiger partial charge in [0.25, 0.3) is 0 Å². The maximum Gasteiger partial charge on any atom is 0.227 e. The molecule has 0 aromatic heterocycles. The normalized spacial score (nSPS) is 23.2. The Morgan fingerprint density at radius 2 is 1.61 bits per heavy atom. The second kappa shape index (κ2) is 8.35. The molecule has 0 spiro atoms. The molecule has 28 heavy (non-hydrogen) atoms. The number of anilines is 1. The van der Waals surface area contributed by atoms with Crippen molar-refractivity contribution in [3.8, 4) is 0 Å². The Balaban J connectivity index is 1.69. The van der Waals surface area contributed by atoms with Crippen LogP contribution < -0.4 is 5.32 Å². The van der Waals surface area contributed by atoms with E-state index in [0.29, 0.717) is 5.54 Å². The van der Waals surface area contributed by atoms with Crippen LogP contribution in [-0.4, -0.2) is 22.5 Å². The molecule has 1 saturated heterocycles. The fraction of sp³-hybridized carbons (Fsp3) is 0.435. The van der Waals surface area contributed by atoms with Gasteiger partial charge in [-0.3, -0.25) is 4.79 Å². The highest BCUT2D eigenvalue weighted by atomic mass is 28.4. The average Bonchev–Trinajstić information content (AvgIpc) is 2.62. The summed E-state index contributed by atoms with van der Waals surface area (Å²) in [6.07, 6.45) is 1.92. The fourth-order valence-corrected chi connectivity index (χ4v) is 15.4. The Kier molecular flexibility index (Phi) is 6.27. The summed E-state index contributed by atoms with van der Waals surface area (Å²) in [6.45, 7) is 11.3. The number of carbonyl (C=O) groups is 1. The third kappa shape index (κ3) is 5.01. The predicted molar refractivity (Wildman–Crippen MR) is 123 cm³/mol. The first-order chi connectivity index (χ1) is 13.2. The van der Waals surface area contributed by atoms with Crippen LogP contribution in [0.5, 0.6) is 0 Å². The number of hydrogen-bond acceptors (Lipinski definition) is 2. The van der Waals surface area contributed by atoms with Crippen LogP contribution in [0.1, 0.15) is 24.5 Å². The van der Waals surface area contributed by atoms with Gasteiger partial charge in [-0.2, -0.15) is 0 Å². The van der Waals surface area contributed by atoms with Gasteiger partial charge in [0.05, 0.1) is 0 Å². The van der Waals surface area contributed by atoms with Crippen LogP contribution in [0.4, 0.5) is 5.69 Å². The Bertz CT molecular complexity index is 803. The molecule has 0 radical (unpaired) electrons. The van der Waals surface area contributed by atoms with Gasteiger partial charge in [0.2, 0.25) is 5.91 Å². The van der Waals surface area contributed by atoms with Crippen molar-refractivity contribution in [2.45, 2.75) is 57.5 Å². The van der Waals surface area contributed by atoms with Crippen LogP contribution in [-0.2, 0) is 15.3 Å². The minimum absolute atomic E-state index is 0.0751. The summed E-state index contributed by atoms with van der Waals surface area (Å²) < 4.78 is 6.57. The molecular formula is C23H33NO2Si2. The Morgan fingerprint density at radius 3 is 2.21 bits per heavy atom. The van der Waals surface area contributed by atoms with E-state index in [4.69, 9.17) is 4.12 Å². The minimum Gasteiger partial charge on any atom is -0.455 e. The molecule has 3 nitrogen and oxygen atoms in total. The molecule has 1 aliphatic heterocycles. The second-order valence-corrected chi connectivity index (χ2v) is 17.8. The topological polar surface area (TPSA) is 38.3 Å². The molecule has 1 N–H and O–H groups in total. The molecule has 0 saturated carbocycles. The summed E-state index contributed by atoms with van der Waals surface area (Å²) >= 11 is 0. The number of amides is 1. The standard InChI is InChI=1S/C23H33NO2Si2/c1-6-22-21(17-27(2,3)26-28(22,4)5)23(25)24-20-14-12-19(13-15-20)16-18-10-8-7-9-11-18/h7-15,21-22H,6,16-17H2,1-5H3,(H,24,25). The second-order valence-electron chi connectivity index (χ2n) is 9.14. The van der Waals surface area contributed by atoms with Crippen molar-refractivity contribution in [3.63, 3.8) is 0 Å². The summed E-state index contributed by atoms with van der Waals surface area (Å²) in [5.74, 6) is 0.248. The molecule has 2 atom stereocenters. The van der Waals surface area contributed by atoms with E-state index in [1.165, 1.54) is 11.1 Å². The van der Waals surface area contributed by atoms with Gasteiger partial charge in [-0.1, -0.05) is 55.8 Å². The van der Waals surface area contributed by atoms with Crippen molar-refractivity contribution >= 4 is 28.2 Å². The molecule has 3 rings (SSSR count). The van der Waals surface area contributed by atoms with Gasteiger partial charge in [-0.15, -0.1) is 0 Å². The first kappa shape index (κ1) is 21.0. The highest BCUT2D eigenvalue weighted by Crippen LogP contribution is 2.45. The van der Waals surface area contributed by atoms with Crippen LogP contribution in [0.3, 0.4) is 0 Å². The number of nitrogens with one attached hydrogen (secondary N) is 1. The molecule has 2 aromatic carbocycles. The highest BCUT2D eigenvalue weighted by molar-refractivity contribution is 6.87. The Labute approximate surface area is 171 Å². The van der Waals surface area contributed by atoms with Crippen molar-refractivity contribution in [1.82, 2.24) is 0 Å². The lowest BCUT2D eigenvalue weighted by molar-refractivity contribution is -0.119. The van der Waals surface area contributed by atoms with Gasteiger partial charge >= 0.3 is 0 Å². The molecule has 5 heteroatoms. The van der Waals surface area contributed by atoms with Crippen molar-refractivity contribution in [1.29, 1.82) is 0 Å². The smallest absolute Gasteiger partial charge is 0.227 e. The predicted octanol–water partition coefficient (Wildman–Crippen LogP) is 6.05. The van der Waals surface area contributed by atoms with Crippen LogP contribution >= 0.6 is 0 Å². The van der Waals surface area contributed by atoms with Gasteiger partial charge in [0.15, 0.2) is 16.6 Å². The summed E-state index contributed by atoms with van der Waals surface area (Å²) in [5.41, 5.74) is 3.82. The van der Waals surface area contributed by atoms with Crippen molar-refractivity contribution in [2.75, 3.05) is 5.32 Å². The van der Waals surface area contributed by atoms with Gasteiger partial charge in [0, 0.05) is 11.6 Å². The maximum absolute atomic E-state index is 13.2. The molecule has 1 aliphatic rings. The lowest BCUT2D eigenvalue weighted by Gasteiger charge is -2.48. The van der Waals surface area contributed by atoms with E-state index in [9.17, 15) is 4.79 Å². The number of hydrogen-bond donors (Lipinski definition) is 1. The number of rotatable bonds is 5. The Hall–Kier alpha value is -1.70. The van der Waals surface area contributed by atoms with E-state index in [0.717, 1.165) is 24.6 Å². The van der Waals surface area contributed by atoms with Crippen molar-refractivity contribution in [2.24, 2.45) is 5.92 Å². The first-order valence-electron chi connectivity index (χ1n) is 10.3. The van der Waals surface area contributed by atoms with Crippen LogP contribution in [0.2, 0.25) is 37.8 Å². The van der Waals surface area contributed by atoms with Gasteiger partial charge in [-0.25, -0.2) is 0 Å². The molecule has 2 aromatic rings. The summed E-state index contributed by atoms with van der Waals surface area (Å²) in [5, 5.41) is 3.19. The monoisotopic (exact) mass is 411 g/mol. The van der Waals surface area contributed by atoms with Crippen LogP contribution in [0.25, 0.3) is 0 Å². The lowest BCUT2D eigenvalue weighted by atomic mass is 10.0. The van der Waals surface area contributed by atoms with Gasteiger partial charge < -0.3 is 9.43 Å². The fourth-order valence-electron chi connectivity index (χ4n) is 4.81. The zero-order valence-corrected chi connectivity index (χ0v) is 19.8.